The predicted molar refractivity (Wildman–Crippen MR) is 50.5 cm³/mol. The molecule has 0 saturated heterocycles. The van der Waals surface area contributed by atoms with Crippen LogP contribution in [0.15, 0.2) is 24.3 Å². The second-order valence-electron chi connectivity index (χ2n) is 2.88. The zero-order valence-electron chi connectivity index (χ0n) is 6.89. The highest BCUT2D eigenvalue weighted by Crippen LogP contribution is 2.30. The minimum Gasteiger partial charge on any atom is -0.508 e. The van der Waals surface area contributed by atoms with Gasteiger partial charge in [0.1, 0.15) is 17.4 Å². The molecule has 2 aromatic carbocycles. The molecule has 0 bridgehead atoms. The Kier molecular flexibility index (Phi) is 2.04. The summed E-state index contributed by atoms with van der Waals surface area (Å²) in [6.45, 7) is 0. The fourth-order valence-electron chi connectivity index (χ4n) is 1.30. The van der Waals surface area contributed by atoms with E-state index in [0.29, 0.717) is 6.07 Å². The summed E-state index contributed by atoms with van der Waals surface area (Å²) in [6.07, 6.45) is 0. The van der Waals surface area contributed by atoms with E-state index < -0.39 is 11.6 Å². The van der Waals surface area contributed by atoms with Crippen LogP contribution in [0.3, 0.4) is 0 Å². The van der Waals surface area contributed by atoms with Gasteiger partial charge in [-0.1, -0.05) is 11.6 Å². The number of halogens is 3. The van der Waals surface area contributed by atoms with Gasteiger partial charge in [-0.05, 0) is 18.2 Å². The van der Waals surface area contributed by atoms with Crippen LogP contribution in [0.1, 0.15) is 0 Å². The maximum atomic E-state index is 13.2. The number of fused-ring (bicyclic) bond motifs is 1. The molecule has 0 unspecified atom stereocenters. The third-order valence-corrected chi connectivity index (χ3v) is 2.34. The Bertz CT molecular complexity index is 511. The molecule has 0 fully saturated rings. The van der Waals surface area contributed by atoms with E-state index in [9.17, 15) is 8.78 Å². The van der Waals surface area contributed by atoms with Crippen molar-refractivity contribution in [3.05, 3.63) is 40.9 Å². The van der Waals surface area contributed by atoms with E-state index in [0.717, 1.165) is 0 Å². The standard InChI is InChI=1S/C10H5ClF2O/c11-10-6-2-1-5(14)3-7(6)8(12)4-9(10)13/h1-4,14H. The molecule has 0 spiro atoms. The lowest BCUT2D eigenvalue weighted by molar-refractivity contribution is 0.475. The van der Waals surface area contributed by atoms with E-state index in [1.54, 1.807) is 0 Å². The topological polar surface area (TPSA) is 20.2 Å². The van der Waals surface area contributed by atoms with Crippen LogP contribution in [0.25, 0.3) is 10.8 Å². The van der Waals surface area contributed by atoms with Gasteiger partial charge in [0.05, 0.1) is 5.02 Å². The molecule has 1 nitrogen and oxygen atoms in total. The fraction of sp³-hybridized carbons (Fsp3) is 0. The smallest absolute Gasteiger partial charge is 0.145 e. The number of hydrogen-bond donors (Lipinski definition) is 1. The van der Waals surface area contributed by atoms with Crippen molar-refractivity contribution < 1.29 is 13.9 Å². The summed E-state index contributed by atoms with van der Waals surface area (Å²) in [4.78, 5) is 0. The van der Waals surface area contributed by atoms with Crippen LogP contribution in [0.4, 0.5) is 8.78 Å². The predicted octanol–water partition coefficient (Wildman–Crippen LogP) is 3.48. The lowest BCUT2D eigenvalue weighted by Crippen LogP contribution is -1.85. The summed E-state index contributed by atoms with van der Waals surface area (Å²) >= 11 is 5.63. The van der Waals surface area contributed by atoms with Gasteiger partial charge in [-0.3, -0.25) is 0 Å². The van der Waals surface area contributed by atoms with Gasteiger partial charge in [0, 0.05) is 16.8 Å². The van der Waals surface area contributed by atoms with E-state index >= 15 is 0 Å². The molecule has 0 heterocycles. The van der Waals surface area contributed by atoms with E-state index in [2.05, 4.69) is 0 Å². The van der Waals surface area contributed by atoms with Crippen molar-refractivity contribution in [3.8, 4) is 5.75 Å². The first-order valence-electron chi connectivity index (χ1n) is 3.86. The number of aromatic hydroxyl groups is 1. The van der Waals surface area contributed by atoms with Crippen molar-refractivity contribution in [2.45, 2.75) is 0 Å². The SMILES string of the molecule is Oc1ccc2c(Cl)c(F)cc(F)c2c1. The van der Waals surface area contributed by atoms with E-state index in [4.69, 9.17) is 16.7 Å². The molecule has 2 aromatic rings. The van der Waals surface area contributed by atoms with Crippen LogP contribution in [-0.2, 0) is 0 Å². The molecule has 1 N–H and O–H groups in total. The van der Waals surface area contributed by atoms with Crippen molar-refractivity contribution in [2.24, 2.45) is 0 Å². The molecule has 0 atom stereocenters. The summed E-state index contributed by atoms with van der Waals surface area (Å²) in [7, 11) is 0. The Hall–Kier alpha value is -1.35. The van der Waals surface area contributed by atoms with Gasteiger partial charge in [0.15, 0.2) is 0 Å². The summed E-state index contributed by atoms with van der Waals surface area (Å²) in [5.74, 6) is -1.63. The van der Waals surface area contributed by atoms with Crippen LogP contribution < -0.4 is 0 Å². The van der Waals surface area contributed by atoms with Crippen LogP contribution in [0.2, 0.25) is 5.02 Å². The summed E-state index contributed by atoms with van der Waals surface area (Å²) < 4.78 is 26.2. The molecule has 0 aliphatic heterocycles. The second-order valence-corrected chi connectivity index (χ2v) is 3.26. The molecule has 0 aromatic heterocycles. The van der Waals surface area contributed by atoms with Crippen molar-refractivity contribution >= 4 is 22.4 Å². The first-order chi connectivity index (χ1) is 6.59. The second kappa shape index (κ2) is 3.10. The lowest BCUT2D eigenvalue weighted by Gasteiger charge is -2.03. The highest BCUT2D eigenvalue weighted by atomic mass is 35.5. The molecule has 2 rings (SSSR count). The number of phenols is 1. The highest BCUT2D eigenvalue weighted by molar-refractivity contribution is 6.35. The molecular formula is C10H5ClF2O. The average molecular weight is 215 g/mol. The third kappa shape index (κ3) is 1.30. The van der Waals surface area contributed by atoms with Gasteiger partial charge in [-0.15, -0.1) is 0 Å². The van der Waals surface area contributed by atoms with Crippen LogP contribution in [-0.4, -0.2) is 5.11 Å². The third-order valence-electron chi connectivity index (χ3n) is 1.96. The molecule has 0 amide bonds. The van der Waals surface area contributed by atoms with E-state index in [1.807, 2.05) is 0 Å². The van der Waals surface area contributed by atoms with Gasteiger partial charge < -0.3 is 5.11 Å². The number of hydrogen-bond acceptors (Lipinski definition) is 1. The van der Waals surface area contributed by atoms with Gasteiger partial charge in [0.2, 0.25) is 0 Å². The molecule has 4 heteroatoms. The van der Waals surface area contributed by atoms with Crippen LogP contribution in [0, 0.1) is 11.6 Å². The molecule has 0 aliphatic carbocycles. The van der Waals surface area contributed by atoms with Crippen molar-refractivity contribution in [2.75, 3.05) is 0 Å². The Labute approximate surface area is 83.5 Å². The van der Waals surface area contributed by atoms with E-state index in [-0.39, 0.29) is 21.5 Å². The summed E-state index contributed by atoms with van der Waals surface area (Å²) in [5, 5.41) is 9.33. The Morgan fingerprint density at radius 3 is 2.43 bits per heavy atom. The van der Waals surface area contributed by atoms with E-state index in [1.165, 1.54) is 18.2 Å². The minimum atomic E-state index is -0.803. The van der Waals surface area contributed by atoms with Crippen LogP contribution >= 0.6 is 11.6 Å². The maximum absolute atomic E-state index is 13.2. The zero-order valence-corrected chi connectivity index (χ0v) is 7.65. The maximum Gasteiger partial charge on any atom is 0.145 e. The first-order valence-corrected chi connectivity index (χ1v) is 4.23. The van der Waals surface area contributed by atoms with Gasteiger partial charge in [-0.25, -0.2) is 8.78 Å². The van der Waals surface area contributed by atoms with Crippen molar-refractivity contribution in [1.29, 1.82) is 0 Å². The molecule has 14 heavy (non-hydrogen) atoms. The summed E-state index contributed by atoms with van der Waals surface area (Å²) in [5.41, 5.74) is 0. The quantitative estimate of drug-likeness (QED) is 0.666. The minimum absolute atomic E-state index is 0.0842. The largest absolute Gasteiger partial charge is 0.508 e. The number of rotatable bonds is 0. The molecule has 0 radical (unpaired) electrons. The first kappa shape index (κ1) is 9.21. The van der Waals surface area contributed by atoms with Gasteiger partial charge in [0.25, 0.3) is 0 Å². The molecule has 0 saturated carbocycles. The lowest BCUT2D eigenvalue weighted by atomic mass is 10.1. The molecule has 72 valence electrons. The monoisotopic (exact) mass is 214 g/mol. The number of phenolic OH excluding ortho intramolecular Hbond substituents is 1. The Morgan fingerprint density at radius 2 is 1.71 bits per heavy atom. The normalized spacial score (nSPS) is 10.8. The molecule has 0 aliphatic rings. The van der Waals surface area contributed by atoms with Crippen molar-refractivity contribution in [1.82, 2.24) is 0 Å². The zero-order chi connectivity index (χ0) is 10.3. The number of benzene rings is 2. The fourth-order valence-corrected chi connectivity index (χ4v) is 1.52. The van der Waals surface area contributed by atoms with Crippen molar-refractivity contribution in [3.63, 3.8) is 0 Å². The highest BCUT2D eigenvalue weighted by Gasteiger charge is 2.10. The Morgan fingerprint density at radius 1 is 1.00 bits per heavy atom. The van der Waals surface area contributed by atoms with Gasteiger partial charge >= 0.3 is 0 Å². The summed E-state index contributed by atoms with van der Waals surface area (Å²) in [6, 6.07) is 4.60. The Balaban J connectivity index is 2.94. The van der Waals surface area contributed by atoms with Gasteiger partial charge in [-0.2, -0.15) is 0 Å². The van der Waals surface area contributed by atoms with Crippen LogP contribution in [0.5, 0.6) is 5.75 Å². The molecular weight excluding hydrogens is 210 g/mol. The average Bonchev–Trinajstić information content (AvgIpc) is 2.14.